The van der Waals surface area contributed by atoms with Crippen molar-refractivity contribution in [1.82, 2.24) is 0 Å². The first-order chi connectivity index (χ1) is 11.0. The molecule has 2 aromatic rings. The molecule has 0 amide bonds. The van der Waals surface area contributed by atoms with Gasteiger partial charge in [-0.3, -0.25) is 9.59 Å². The van der Waals surface area contributed by atoms with Crippen LogP contribution in [0.1, 0.15) is 24.0 Å². The number of aliphatic carboxylic acids is 2. The molecular weight excluding hydrogens is 292 g/mol. The van der Waals surface area contributed by atoms with Gasteiger partial charge < -0.3 is 10.2 Å². The number of rotatable bonds is 7. The van der Waals surface area contributed by atoms with Crippen molar-refractivity contribution in [3.63, 3.8) is 0 Å². The van der Waals surface area contributed by atoms with Crippen molar-refractivity contribution in [1.29, 1.82) is 0 Å². The zero-order chi connectivity index (χ0) is 16.8. The molecular formula is C19H20O4. The Kier molecular flexibility index (Phi) is 5.52. The molecule has 0 aliphatic heterocycles. The maximum Gasteiger partial charge on any atom is 0.307 e. The third-order valence-electron chi connectivity index (χ3n) is 4.20. The van der Waals surface area contributed by atoms with Crippen LogP contribution in [0.3, 0.4) is 0 Å². The van der Waals surface area contributed by atoms with Crippen LogP contribution in [0.15, 0.2) is 60.7 Å². The average molecular weight is 312 g/mol. The van der Waals surface area contributed by atoms with Crippen LogP contribution in [0, 0.1) is 11.8 Å². The van der Waals surface area contributed by atoms with Crippen LogP contribution < -0.4 is 0 Å². The van der Waals surface area contributed by atoms with Crippen molar-refractivity contribution in [2.45, 2.75) is 19.3 Å². The summed E-state index contributed by atoms with van der Waals surface area (Å²) >= 11 is 0. The first kappa shape index (κ1) is 16.7. The molecule has 0 aromatic heterocycles. The Bertz CT molecular complexity index is 652. The fourth-order valence-corrected chi connectivity index (χ4v) is 2.93. The Balaban J connectivity index is 2.32. The summed E-state index contributed by atoms with van der Waals surface area (Å²) in [6.07, 6.45) is 0.199. The zero-order valence-electron chi connectivity index (χ0n) is 12.9. The van der Waals surface area contributed by atoms with Crippen LogP contribution in [0.2, 0.25) is 0 Å². The molecule has 23 heavy (non-hydrogen) atoms. The molecule has 0 radical (unpaired) electrons. The lowest BCUT2D eigenvalue weighted by atomic mass is 9.76. The van der Waals surface area contributed by atoms with Gasteiger partial charge in [0.1, 0.15) is 0 Å². The molecule has 0 spiro atoms. The molecule has 2 rings (SSSR count). The van der Waals surface area contributed by atoms with Crippen LogP contribution >= 0.6 is 0 Å². The van der Waals surface area contributed by atoms with Crippen molar-refractivity contribution in [3.05, 3.63) is 71.8 Å². The SMILES string of the molecule is C[C@H](c1ccccc1)[C@H](C(=O)O)[C@@H](Cc1ccccc1)C(=O)O. The van der Waals surface area contributed by atoms with Gasteiger partial charge in [-0.2, -0.15) is 0 Å². The highest BCUT2D eigenvalue weighted by molar-refractivity contribution is 5.81. The first-order valence-electron chi connectivity index (χ1n) is 7.55. The maximum absolute atomic E-state index is 11.8. The Labute approximate surface area is 135 Å². The fraction of sp³-hybridized carbons (Fsp3) is 0.263. The minimum atomic E-state index is -1.08. The first-order valence-corrected chi connectivity index (χ1v) is 7.55. The van der Waals surface area contributed by atoms with Crippen LogP contribution in [0.4, 0.5) is 0 Å². The standard InChI is InChI=1S/C19H20O4/c1-13(15-10-6-3-7-11-15)17(19(22)23)16(18(20)21)12-14-8-4-2-5-9-14/h2-11,13,16-17H,12H2,1H3,(H,20,21)(H,22,23)/t13-,16-,17+/m1/s1. The van der Waals surface area contributed by atoms with Crippen molar-refractivity contribution in [3.8, 4) is 0 Å². The van der Waals surface area contributed by atoms with Gasteiger partial charge >= 0.3 is 11.9 Å². The van der Waals surface area contributed by atoms with E-state index in [1.165, 1.54) is 0 Å². The number of hydrogen-bond acceptors (Lipinski definition) is 2. The Hall–Kier alpha value is -2.62. The molecule has 120 valence electrons. The van der Waals surface area contributed by atoms with Gasteiger partial charge in [0.25, 0.3) is 0 Å². The molecule has 0 unspecified atom stereocenters. The van der Waals surface area contributed by atoms with Crippen molar-refractivity contribution >= 4 is 11.9 Å². The van der Waals surface area contributed by atoms with Gasteiger partial charge in [-0.15, -0.1) is 0 Å². The highest BCUT2D eigenvalue weighted by Gasteiger charge is 2.38. The number of hydrogen-bond donors (Lipinski definition) is 2. The van der Waals surface area contributed by atoms with Gasteiger partial charge in [0.2, 0.25) is 0 Å². The van der Waals surface area contributed by atoms with Gasteiger partial charge in [0, 0.05) is 0 Å². The molecule has 2 N–H and O–H groups in total. The molecule has 0 saturated carbocycles. The van der Waals surface area contributed by atoms with E-state index >= 15 is 0 Å². The summed E-state index contributed by atoms with van der Waals surface area (Å²) in [6.45, 7) is 1.77. The maximum atomic E-state index is 11.8. The minimum Gasteiger partial charge on any atom is -0.481 e. The van der Waals surface area contributed by atoms with Crippen LogP contribution in [-0.2, 0) is 16.0 Å². The van der Waals surface area contributed by atoms with Crippen molar-refractivity contribution in [2.24, 2.45) is 11.8 Å². The Morgan fingerprint density at radius 2 is 1.39 bits per heavy atom. The largest absolute Gasteiger partial charge is 0.481 e. The average Bonchev–Trinajstić information content (AvgIpc) is 2.55. The second-order valence-corrected chi connectivity index (χ2v) is 5.70. The van der Waals surface area contributed by atoms with Gasteiger partial charge in [-0.1, -0.05) is 67.6 Å². The van der Waals surface area contributed by atoms with E-state index in [2.05, 4.69) is 0 Å². The van der Waals surface area contributed by atoms with Gasteiger partial charge in [-0.05, 0) is 23.5 Å². The lowest BCUT2D eigenvalue weighted by molar-refractivity contribution is -0.154. The molecule has 0 heterocycles. The van der Waals surface area contributed by atoms with Crippen LogP contribution in [0.25, 0.3) is 0 Å². The molecule has 4 heteroatoms. The summed E-state index contributed by atoms with van der Waals surface area (Å²) in [5.41, 5.74) is 1.66. The van der Waals surface area contributed by atoms with E-state index in [0.717, 1.165) is 11.1 Å². The van der Waals surface area contributed by atoms with E-state index in [-0.39, 0.29) is 6.42 Å². The number of carbonyl (C=O) groups is 2. The topological polar surface area (TPSA) is 74.6 Å². The normalized spacial score (nSPS) is 14.7. The molecule has 0 saturated heterocycles. The summed E-state index contributed by atoms with van der Waals surface area (Å²) < 4.78 is 0. The zero-order valence-corrected chi connectivity index (χ0v) is 12.9. The van der Waals surface area contributed by atoms with E-state index in [1.54, 1.807) is 6.92 Å². The Morgan fingerprint density at radius 1 is 0.870 bits per heavy atom. The molecule has 2 aromatic carbocycles. The third-order valence-corrected chi connectivity index (χ3v) is 4.20. The van der Waals surface area contributed by atoms with Gasteiger partial charge in [-0.25, -0.2) is 0 Å². The van der Waals surface area contributed by atoms with Crippen LogP contribution in [-0.4, -0.2) is 22.2 Å². The predicted molar refractivity (Wildman–Crippen MR) is 87.3 cm³/mol. The summed E-state index contributed by atoms with van der Waals surface area (Å²) in [7, 11) is 0. The molecule has 3 atom stereocenters. The van der Waals surface area contributed by atoms with E-state index < -0.39 is 29.7 Å². The molecule has 0 fully saturated rings. The minimum absolute atomic E-state index is 0.199. The Morgan fingerprint density at radius 3 is 1.87 bits per heavy atom. The van der Waals surface area contributed by atoms with Crippen LogP contribution in [0.5, 0.6) is 0 Å². The fourth-order valence-electron chi connectivity index (χ4n) is 2.93. The van der Waals surface area contributed by atoms with Gasteiger partial charge in [0.05, 0.1) is 11.8 Å². The highest BCUT2D eigenvalue weighted by atomic mass is 16.4. The van der Waals surface area contributed by atoms with E-state index in [1.807, 2.05) is 60.7 Å². The second kappa shape index (κ2) is 7.58. The predicted octanol–water partition coefficient (Wildman–Crippen LogP) is 3.43. The van der Waals surface area contributed by atoms with E-state index in [0.29, 0.717) is 0 Å². The number of carboxylic acid groups (broad SMARTS) is 2. The summed E-state index contributed by atoms with van der Waals surface area (Å²) in [6, 6.07) is 18.3. The molecule has 0 bridgehead atoms. The smallest absolute Gasteiger partial charge is 0.307 e. The second-order valence-electron chi connectivity index (χ2n) is 5.70. The lowest BCUT2D eigenvalue weighted by Gasteiger charge is -2.26. The third kappa shape index (κ3) is 4.19. The summed E-state index contributed by atoms with van der Waals surface area (Å²) in [4.78, 5) is 23.5. The summed E-state index contributed by atoms with van der Waals surface area (Å²) in [5, 5.41) is 19.2. The summed E-state index contributed by atoms with van der Waals surface area (Å²) in [5.74, 6) is -4.52. The van der Waals surface area contributed by atoms with E-state index in [4.69, 9.17) is 0 Å². The molecule has 4 nitrogen and oxygen atoms in total. The van der Waals surface area contributed by atoms with Gasteiger partial charge in [0.15, 0.2) is 0 Å². The highest BCUT2D eigenvalue weighted by Crippen LogP contribution is 2.32. The van der Waals surface area contributed by atoms with E-state index in [9.17, 15) is 19.8 Å². The molecule has 0 aliphatic carbocycles. The number of benzene rings is 2. The molecule has 0 aliphatic rings. The lowest BCUT2D eigenvalue weighted by Crippen LogP contribution is -2.35. The van der Waals surface area contributed by atoms with Crippen molar-refractivity contribution in [2.75, 3.05) is 0 Å². The number of carboxylic acids is 2. The van der Waals surface area contributed by atoms with Crippen molar-refractivity contribution < 1.29 is 19.8 Å². The monoisotopic (exact) mass is 312 g/mol. The quantitative estimate of drug-likeness (QED) is 0.821.